The number of hydrogen-bond donors (Lipinski definition) is 1. The molecule has 0 aliphatic carbocycles. The van der Waals surface area contributed by atoms with E-state index in [0.29, 0.717) is 0 Å². The number of anilines is 1. The molecule has 2 N–H and O–H groups in total. The van der Waals surface area contributed by atoms with Crippen LogP contribution >= 0.6 is 0 Å². The second kappa shape index (κ2) is 3.54. The minimum Gasteiger partial charge on any atom is -0.444 e. The third-order valence-electron chi connectivity index (χ3n) is 2.21. The molecule has 0 amide bonds. The average Bonchev–Trinajstić information content (AvgIpc) is 2.70. The van der Waals surface area contributed by atoms with E-state index in [1.807, 2.05) is 18.2 Å². The van der Waals surface area contributed by atoms with Crippen molar-refractivity contribution in [3.05, 3.63) is 36.4 Å². The van der Waals surface area contributed by atoms with Gasteiger partial charge in [-0.25, -0.2) is 4.98 Å². The third-order valence-corrected chi connectivity index (χ3v) is 2.21. The molecule has 72 valence electrons. The van der Waals surface area contributed by atoms with Crippen molar-refractivity contribution < 1.29 is 4.42 Å². The molecule has 0 aliphatic rings. The van der Waals surface area contributed by atoms with Crippen LogP contribution in [0.4, 0.5) is 5.69 Å². The number of nitrogen functional groups attached to an aromatic ring is 1. The molecular formula is C11H12N2O. The van der Waals surface area contributed by atoms with E-state index in [2.05, 4.69) is 11.9 Å². The molecule has 0 saturated heterocycles. The molecule has 0 spiro atoms. The number of benzene rings is 1. The van der Waals surface area contributed by atoms with Crippen molar-refractivity contribution in [2.75, 3.05) is 5.73 Å². The minimum absolute atomic E-state index is 0.783. The maximum Gasteiger partial charge on any atom is 0.181 e. The summed E-state index contributed by atoms with van der Waals surface area (Å²) in [4.78, 5) is 3.90. The summed E-state index contributed by atoms with van der Waals surface area (Å²) in [7, 11) is 0. The monoisotopic (exact) mass is 188 g/mol. The highest BCUT2D eigenvalue weighted by Gasteiger charge is 2.06. The predicted molar refractivity (Wildman–Crippen MR) is 55.7 cm³/mol. The molecule has 0 unspecified atom stereocenters. The molecular weight excluding hydrogens is 176 g/mol. The lowest BCUT2D eigenvalue weighted by Crippen LogP contribution is -1.90. The molecule has 2 aromatic rings. The molecule has 1 heterocycles. The van der Waals surface area contributed by atoms with Crippen molar-refractivity contribution in [2.45, 2.75) is 13.3 Å². The number of aryl methyl sites for hydroxylation is 1. The highest BCUT2D eigenvalue weighted by molar-refractivity contribution is 5.64. The van der Waals surface area contributed by atoms with Crippen LogP contribution in [0.1, 0.15) is 12.5 Å². The number of nitrogens with two attached hydrogens (primary N) is 1. The first kappa shape index (κ1) is 8.81. The van der Waals surface area contributed by atoms with Crippen molar-refractivity contribution in [1.29, 1.82) is 0 Å². The molecule has 0 bridgehead atoms. The fourth-order valence-electron chi connectivity index (χ4n) is 1.50. The van der Waals surface area contributed by atoms with Gasteiger partial charge in [-0.1, -0.05) is 6.92 Å². The van der Waals surface area contributed by atoms with Gasteiger partial charge in [0.15, 0.2) is 12.2 Å². The zero-order valence-electron chi connectivity index (χ0n) is 8.03. The number of rotatable bonds is 2. The van der Waals surface area contributed by atoms with E-state index in [1.54, 1.807) is 6.20 Å². The lowest BCUT2D eigenvalue weighted by Gasteiger charge is -2.05. The fraction of sp³-hybridized carbons (Fsp3) is 0.182. The van der Waals surface area contributed by atoms with Gasteiger partial charge in [0, 0.05) is 11.3 Å². The maximum absolute atomic E-state index is 5.71. The van der Waals surface area contributed by atoms with E-state index in [4.69, 9.17) is 10.2 Å². The summed E-state index contributed by atoms with van der Waals surface area (Å²) >= 11 is 0. The molecule has 0 saturated carbocycles. The van der Waals surface area contributed by atoms with Crippen LogP contribution in [0, 0.1) is 0 Å². The van der Waals surface area contributed by atoms with Crippen LogP contribution in [-0.2, 0) is 6.42 Å². The average molecular weight is 188 g/mol. The van der Waals surface area contributed by atoms with Gasteiger partial charge < -0.3 is 10.2 Å². The van der Waals surface area contributed by atoms with E-state index in [9.17, 15) is 0 Å². The third kappa shape index (κ3) is 1.48. The van der Waals surface area contributed by atoms with Gasteiger partial charge >= 0.3 is 0 Å². The lowest BCUT2D eigenvalue weighted by molar-refractivity contribution is 0.571. The molecule has 0 atom stereocenters. The van der Waals surface area contributed by atoms with Crippen LogP contribution in [0.3, 0.4) is 0 Å². The first-order valence-electron chi connectivity index (χ1n) is 4.58. The van der Waals surface area contributed by atoms with Crippen molar-refractivity contribution >= 4 is 5.69 Å². The van der Waals surface area contributed by atoms with Gasteiger partial charge in [-0.05, 0) is 30.2 Å². The molecule has 3 heteroatoms. The standard InChI is InChI=1S/C11H12N2O/c1-2-8-5-9(12)3-4-10(8)11-6-13-7-14-11/h3-7H,2,12H2,1H3. The summed E-state index contributed by atoms with van der Waals surface area (Å²) in [6.07, 6.45) is 4.08. The Hall–Kier alpha value is -1.77. The van der Waals surface area contributed by atoms with E-state index < -0.39 is 0 Å². The van der Waals surface area contributed by atoms with Crippen LogP contribution in [0.25, 0.3) is 11.3 Å². The Morgan fingerprint density at radius 1 is 1.43 bits per heavy atom. The predicted octanol–water partition coefficient (Wildman–Crippen LogP) is 2.49. The quantitative estimate of drug-likeness (QED) is 0.736. The Bertz CT molecular complexity index is 421. The topological polar surface area (TPSA) is 52.0 Å². The molecule has 1 aromatic carbocycles. The Kier molecular flexibility index (Phi) is 2.23. The Morgan fingerprint density at radius 3 is 2.93 bits per heavy atom. The largest absolute Gasteiger partial charge is 0.444 e. The van der Waals surface area contributed by atoms with Gasteiger partial charge in [-0.3, -0.25) is 0 Å². The van der Waals surface area contributed by atoms with Crippen LogP contribution in [0.15, 0.2) is 35.2 Å². The summed E-state index contributed by atoms with van der Waals surface area (Å²) in [5.74, 6) is 0.793. The van der Waals surface area contributed by atoms with Crippen molar-refractivity contribution in [3.8, 4) is 11.3 Å². The van der Waals surface area contributed by atoms with Crippen molar-refractivity contribution in [3.63, 3.8) is 0 Å². The van der Waals surface area contributed by atoms with Gasteiger partial charge in [0.1, 0.15) is 0 Å². The van der Waals surface area contributed by atoms with Crippen molar-refractivity contribution in [2.24, 2.45) is 0 Å². The number of nitrogens with zero attached hydrogens (tertiary/aromatic N) is 1. The fourth-order valence-corrected chi connectivity index (χ4v) is 1.50. The summed E-state index contributed by atoms with van der Waals surface area (Å²) in [6, 6.07) is 5.81. The Morgan fingerprint density at radius 2 is 2.29 bits per heavy atom. The first-order chi connectivity index (χ1) is 6.81. The van der Waals surface area contributed by atoms with E-state index in [-0.39, 0.29) is 0 Å². The van der Waals surface area contributed by atoms with E-state index >= 15 is 0 Å². The number of hydrogen-bond acceptors (Lipinski definition) is 3. The second-order valence-corrected chi connectivity index (χ2v) is 3.14. The second-order valence-electron chi connectivity index (χ2n) is 3.14. The molecule has 3 nitrogen and oxygen atoms in total. The summed E-state index contributed by atoms with van der Waals surface area (Å²) < 4.78 is 5.25. The van der Waals surface area contributed by atoms with Gasteiger partial charge in [0.25, 0.3) is 0 Å². The van der Waals surface area contributed by atoms with Crippen molar-refractivity contribution in [1.82, 2.24) is 4.98 Å². The Labute approximate surface area is 82.6 Å². The van der Waals surface area contributed by atoms with Gasteiger partial charge in [-0.15, -0.1) is 0 Å². The highest BCUT2D eigenvalue weighted by atomic mass is 16.3. The molecule has 0 fully saturated rings. The minimum atomic E-state index is 0.783. The summed E-state index contributed by atoms with van der Waals surface area (Å²) in [5.41, 5.74) is 8.74. The smallest absolute Gasteiger partial charge is 0.181 e. The SMILES string of the molecule is CCc1cc(N)ccc1-c1cnco1. The van der Waals surface area contributed by atoms with Gasteiger partial charge in [0.05, 0.1) is 6.20 Å². The number of aromatic nitrogens is 1. The van der Waals surface area contributed by atoms with Gasteiger partial charge in [-0.2, -0.15) is 0 Å². The normalized spacial score (nSPS) is 10.4. The van der Waals surface area contributed by atoms with E-state index in [1.165, 1.54) is 12.0 Å². The summed E-state index contributed by atoms with van der Waals surface area (Å²) in [6.45, 7) is 2.09. The van der Waals surface area contributed by atoms with Crippen LogP contribution in [-0.4, -0.2) is 4.98 Å². The number of oxazole rings is 1. The van der Waals surface area contributed by atoms with Crippen LogP contribution in [0.5, 0.6) is 0 Å². The van der Waals surface area contributed by atoms with Gasteiger partial charge in [0.2, 0.25) is 0 Å². The first-order valence-corrected chi connectivity index (χ1v) is 4.58. The zero-order valence-corrected chi connectivity index (χ0v) is 8.03. The lowest BCUT2D eigenvalue weighted by atomic mass is 10.0. The molecule has 14 heavy (non-hydrogen) atoms. The zero-order chi connectivity index (χ0) is 9.97. The van der Waals surface area contributed by atoms with Crippen LogP contribution in [0.2, 0.25) is 0 Å². The molecule has 0 aliphatic heterocycles. The molecule has 1 aromatic heterocycles. The molecule has 2 rings (SSSR count). The molecule has 0 radical (unpaired) electrons. The highest BCUT2D eigenvalue weighted by Crippen LogP contribution is 2.25. The Balaban J connectivity index is 2.53. The maximum atomic E-state index is 5.71. The van der Waals surface area contributed by atoms with E-state index in [0.717, 1.165) is 23.4 Å². The summed E-state index contributed by atoms with van der Waals surface area (Å²) in [5, 5.41) is 0. The van der Waals surface area contributed by atoms with Crippen LogP contribution < -0.4 is 5.73 Å².